The van der Waals surface area contributed by atoms with Gasteiger partial charge in [0.05, 0.1) is 12.2 Å². The van der Waals surface area contributed by atoms with Crippen LogP contribution in [0.5, 0.6) is 5.75 Å². The van der Waals surface area contributed by atoms with Crippen molar-refractivity contribution in [2.45, 2.75) is 6.10 Å². The second-order valence-electron chi connectivity index (χ2n) is 3.02. The van der Waals surface area contributed by atoms with Crippen LogP contribution in [0.4, 0.5) is 0 Å². The van der Waals surface area contributed by atoms with Crippen LogP contribution in [0.3, 0.4) is 0 Å². The molecule has 1 saturated heterocycles. The number of epoxide rings is 1. The largest absolute Gasteiger partial charge is 0.489 e. The number of hydrogen-bond acceptors (Lipinski definition) is 3. The summed E-state index contributed by atoms with van der Waals surface area (Å²) < 4.78 is 11.4. The van der Waals surface area contributed by atoms with E-state index in [2.05, 4.69) is 22.0 Å². The highest BCUT2D eigenvalue weighted by atomic mass is 79.9. The Morgan fingerprint density at radius 2 is 2.43 bits per heavy atom. The van der Waals surface area contributed by atoms with Crippen LogP contribution in [0.25, 0.3) is 0 Å². The molecule has 1 aliphatic heterocycles. The van der Waals surface area contributed by atoms with Gasteiger partial charge in [-0.3, -0.25) is 0 Å². The second kappa shape index (κ2) is 3.99. The minimum atomic E-state index is 0.209. The summed E-state index contributed by atoms with van der Waals surface area (Å²) in [6.45, 7) is 1.28. The third-order valence-electron chi connectivity index (χ3n) is 1.89. The van der Waals surface area contributed by atoms with Gasteiger partial charge in [-0.1, -0.05) is 15.9 Å². The molecule has 0 aliphatic carbocycles. The number of ether oxygens (including phenoxy) is 2. The molecule has 0 amide bonds. The van der Waals surface area contributed by atoms with Crippen LogP contribution in [0, 0.1) is 11.3 Å². The van der Waals surface area contributed by atoms with E-state index in [1.807, 2.05) is 6.07 Å². The monoisotopic (exact) mass is 253 g/mol. The number of nitrogens with zero attached hydrogens (tertiary/aromatic N) is 1. The van der Waals surface area contributed by atoms with Gasteiger partial charge in [-0.2, -0.15) is 5.26 Å². The smallest absolute Gasteiger partial charge is 0.138 e. The lowest BCUT2D eigenvalue weighted by Crippen LogP contribution is -2.05. The predicted molar refractivity (Wildman–Crippen MR) is 54.1 cm³/mol. The van der Waals surface area contributed by atoms with Crippen molar-refractivity contribution in [1.82, 2.24) is 0 Å². The minimum Gasteiger partial charge on any atom is -0.489 e. The zero-order valence-electron chi connectivity index (χ0n) is 7.37. The van der Waals surface area contributed by atoms with Gasteiger partial charge in [0, 0.05) is 4.47 Å². The van der Waals surface area contributed by atoms with E-state index in [1.165, 1.54) is 0 Å². The van der Waals surface area contributed by atoms with Gasteiger partial charge in [0.25, 0.3) is 0 Å². The molecule has 1 aromatic carbocycles. The van der Waals surface area contributed by atoms with Crippen molar-refractivity contribution in [3.63, 3.8) is 0 Å². The van der Waals surface area contributed by atoms with Crippen LogP contribution in [-0.2, 0) is 4.74 Å². The van der Waals surface area contributed by atoms with Gasteiger partial charge in [0.1, 0.15) is 24.5 Å². The summed E-state index contributed by atoms with van der Waals surface area (Å²) in [4.78, 5) is 0. The molecule has 1 atom stereocenters. The molecule has 1 aromatic rings. The number of halogens is 1. The minimum absolute atomic E-state index is 0.209. The molecule has 1 fully saturated rings. The zero-order valence-corrected chi connectivity index (χ0v) is 8.95. The Hall–Kier alpha value is -1.05. The molecule has 1 aliphatic rings. The van der Waals surface area contributed by atoms with Gasteiger partial charge in [0.15, 0.2) is 0 Å². The summed E-state index contributed by atoms with van der Waals surface area (Å²) in [7, 11) is 0. The van der Waals surface area contributed by atoms with Crippen LogP contribution in [0.1, 0.15) is 5.56 Å². The topological polar surface area (TPSA) is 45.5 Å². The SMILES string of the molecule is N#Cc1ccc(Br)cc1OC[C@@H]1CO1. The van der Waals surface area contributed by atoms with E-state index in [9.17, 15) is 0 Å². The lowest BCUT2D eigenvalue weighted by Gasteiger charge is -2.06. The van der Waals surface area contributed by atoms with E-state index in [0.29, 0.717) is 17.9 Å². The van der Waals surface area contributed by atoms with E-state index in [0.717, 1.165) is 11.1 Å². The molecule has 0 aromatic heterocycles. The van der Waals surface area contributed by atoms with Crippen molar-refractivity contribution in [1.29, 1.82) is 5.26 Å². The summed E-state index contributed by atoms with van der Waals surface area (Å²) in [5.41, 5.74) is 0.550. The molecule has 0 spiro atoms. The fourth-order valence-electron chi connectivity index (χ4n) is 1.05. The van der Waals surface area contributed by atoms with Gasteiger partial charge in [-0.05, 0) is 18.2 Å². The zero-order chi connectivity index (χ0) is 9.97. The first kappa shape index (κ1) is 9.50. The number of nitriles is 1. The average Bonchev–Trinajstić information content (AvgIpc) is 2.98. The first-order valence-corrected chi connectivity index (χ1v) is 5.03. The fourth-order valence-corrected chi connectivity index (χ4v) is 1.40. The molecule has 0 saturated carbocycles. The summed E-state index contributed by atoms with van der Waals surface area (Å²) in [5, 5.41) is 8.81. The Bertz CT molecular complexity index is 382. The van der Waals surface area contributed by atoms with E-state index >= 15 is 0 Å². The third kappa shape index (κ3) is 2.25. The molecule has 0 unspecified atom stereocenters. The number of hydrogen-bond donors (Lipinski definition) is 0. The average molecular weight is 254 g/mol. The fraction of sp³-hybridized carbons (Fsp3) is 0.300. The molecular formula is C10H8BrNO2. The lowest BCUT2D eigenvalue weighted by atomic mass is 10.2. The molecule has 0 radical (unpaired) electrons. The van der Waals surface area contributed by atoms with Crippen molar-refractivity contribution in [3.8, 4) is 11.8 Å². The molecule has 72 valence electrons. The van der Waals surface area contributed by atoms with Crippen molar-refractivity contribution in [2.75, 3.05) is 13.2 Å². The Balaban J connectivity index is 2.12. The Morgan fingerprint density at radius 3 is 3.07 bits per heavy atom. The Kier molecular flexibility index (Phi) is 2.71. The molecule has 2 rings (SSSR count). The molecule has 0 N–H and O–H groups in total. The van der Waals surface area contributed by atoms with Gasteiger partial charge in [0.2, 0.25) is 0 Å². The van der Waals surface area contributed by atoms with E-state index in [1.54, 1.807) is 12.1 Å². The van der Waals surface area contributed by atoms with E-state index in [4.69, 9.17) is 14.7 Å². The van der Waals surface area contributed by atoms with Gasteiger partial charge in [-0.25, -0.2) is 0 Å². The maximum absolute atomic E-state index is 8.81. The van der Waals surface area contributed by atoms with Crippen LogP contribution in [0.15, 0.2) is 22.7 Å². The number of rotatable bonds is 3. The first-order chi connectivity index (χ1) is 6.79. The summed E-state index contributed by atoms with van der Waals surface area (Å²) >= 11 is 3.33. The Morgan fingerprint density at radius 1 is 1.64 bits per heavy atom. The number of benzene rings is 1. The highest BCUT2D eigenvalue weighted by molar-refractivity contribution is 9.10. The first-order valence-electron chi connectivity index (χ1n) is 4.23. The van der Waals surface area contributed by atoms with Crippen molar-refractivity contribution in [2.24, 2.45) is 0 Å². The van der Waals surface area contributed by atoms with Crippen molar-refractivity contribution >= 4 is 15.9 Å². The summed E-state index contributed by atoms with van der Waals surface area (Å²) in [6.07, 6.45) is 0.209. The molecule has 14 heavy (non-hydrogen) atoms. The molecule has 1 heterocycles. The lowest BCUT2D eigenvalue weighted by molar-refractivity contribution is 0.262. The maximum atomic E-state index is 8.81. The predicted octanol–water partition coefficient (Wildman–Crippen LogP) is 2.10. The van der Waals surface area contributed by atoms with Gasteiger partial charge < -0.3 is 9.47 Å². The molecule has 4 heteroatoms. The molecular weight excluding hydrogens is 246 g/mol. The van der Waals surface area contributed by atoms with Gasteiger partial charge in [-0.15, -0.1) is 0 Å². The van der Waals surface area contributed by atoms with E-state index in [-0.39, 0.29) is 6.10 Å². The molecule has 3 nitrogen and oxygen atoms in total. The third-order valence-corrected chi connectivity index (χ3v) is 2.38. The van der Waals surface area contributed by atoms with E-state index < -0.39 is 0 Å². The highest BCUT2D eigenvalue weighted by Crippen LogP contribution is 2.24. The summed E-state index contributed by atoms with van der Waals surface area (Å²) in [6, 6.07) is 7.42. The van der Waals surface area contributed by atoms with Crippen molar-refractivity contribution < 1.29 is 9.47 Å². The summed E-state index contributed by atoms with van der Waals surface area (Å²) in [5.74, 6) is 0.609. The van der Waals surface area contributed by atoms with Crippen LogP contribution < -0.4 is 4.74 Å². The standard InChI is InChI=1S/C10H8BrNO2/c11-8-2-1-7(4-12)10(3-8)14-6-9-5-13-9/h1-3,9H,5-6H2/t9-/m0/s1. The quantitative estimate of drug-likeness (QED) is 0.776. The second-order valence-corrected chi connectivity index (χ2v) is 3.93. The highest BCUT2D eigenvalue weighted by Gasteiger charge is 2.23. The normalized spacial score (nSPS) is 18.7. The Labute approximate surface area is 90.4 Å². The van der Waals surface area contributed by atoms with Crippen LogP contribution >= 0.6 is 15.9 Å². The van der Waals surface area contributed by atoms with Gasteiger partial charge >= 0.3 is 0 Å². The maximum Gasteiger partial charge on any atom is 0.138 e. The molecule has 0 bridgehead atoms. The van der Waals surface area contributed by atoms with Crippen LogP contribution in [0.2, 0.25) is 0 Å². The van der Waals surface area contributed by atoms with Crippen molar-refractivity contribution in [3.05, 3.63) is 28.2 Å². The van der Waals surface area contributed by atoms with Crippen LogP contribution in [-0.4, -0.2) is 19.3 Å².